The third-order valence-corrected chi connectivity index (χ3v) is 7.96. The number of hydrogen-bond acceptors (Lipinski definition) is 4. The molecule has 0 radical (unpaired) electrons. The van der Waals surface area contributed by atoms with Crippen LogP contribution in [0.3, 0.4) is 0 Å². The standard InChI is InChI=1S/C34H40FN5/c1-4-26-7-6-10-31(22-26)40-17-15-39(16-18-40)25(3)38-34-12-11-28(33-13-14-37-33)23-32(34)29(19-24(2)36)20-27-8-5-9-30(35)21-27/h5-13,21-23,29,37H,2,4,14-20,36H2,1,3H3. The van der Waals surface area contributed by atoms with E-state index in [9.17, 15) is 4.39 Å². The molecule has 0 amide bonds. The monoisotopic (exact) mass is 537 g/mol. The van der Waals surface area contributed by atoms with Gasteiger partial charge in [-0.25, -0.2) is 9.38 Å². The highest BCUT2D eigenvalue weighted by Gasteiger charge is 2.22. The summed E-state index contributed by atoms with van der Waals surface area (Å²) >= 11 is 0. The first-order valence-corrected chi connectivity index (χ1v) is 14.3. The van der Waals surface area contributed by atoms with E-state index >= 15 is 0 Å². The van der Waals surface area contributed by atoms with Gasteiger partial charge < -0.3 is 20.9 Å². The van der Waals surface area contributed by atoms with E-state index < -0.39 is 0 Å². The smallest absolute Gasteiger partial charge is 0.123 e. The molecule has 40 heavy (non-hydrogen) atoms. The van der Waals surface area contributed by atoms with Crippen LogP contribution in [0.2, 0.25) is 0 Å². The minimum atomic E-state index is -0.227. The largest absolute Gasteiger partial charge is 0.402 e. The average molecular weight is 538 g/mol. The van der Waals surface area contributed by atoms with Gasteiger partial charge in [0.2, 0.25) is 0 Å². The average Bonchev–Trinajstić information content (AvgIpc) is 2.92. The van der Waals surface area contributed by atoms with Crippen LogP contribution in [0.1, 0.15) is 48.4 Å². The van der Waals surface area contributed by atoms with E-state index in [2.05, 4.69) is 84.1 Å². The molecule has 1 atom stereocenters. The molecule has 208 valence electrons. The first-order valence-electron chi connectivity index (χ1n) is 14.3. The summed E-state index contributed by atoms with van der Waals surface area (Å²) in [6, 6.07) is 22.1. The number of allylic oxidation sites excluding steroid dienone is 1. The molecule has 0 aromatic heterocycles. The molecule has 0 bridgehead atoms. The lowest BCUT2D eigenvalue weighted by molar-refractivity contribution is 0.384. The Morgan fingerprint density at radius 2 is 1.77 bits per heavy atom. The summed E-state index contributed by atoms with van der Waals surface area (Å²) in [6.45, 7) is 12.9. The van der Waals surface area contributed by atoms with Crippen molar-refractivity contribution in [3.8, 4) is 0 Å². The zero-order chi connectivity index (χ0) is 28.1. The number of nitrogens with two attached hydrogens (primary N) is 1. The highest BCUT2D eigenvalue weighted by Crippen LogP contribution is 2.36. The summed E-state index contributed by atoms with van der Waals surface area (Å²) in [6.07, 6.45) is 4.49. The lowest BCUT2D eigenvalue weighted by atomic mass is 9.86. The van der Waals surface area contributed by atoms with Crippen molar-refractivity contribution in [2.24, 2.45) is 10.7 Å². The van der Waals surface area contributed by atoms with E-state index in [1.54, 1.807) is 12.1 Å². The van der Waals surface area contributed by atoms with E-state index in [-0.39, 0.29) is 11.7 Å². The second kappa shape index (κ2) is 12.4. The highest BCUT2D eigenvalue weighted by molar-refractivity contribution is 5.84. The molecule has 0 saturated carbocycles. The van der Waals surface area contributed by atoms with Crippen molar-refractivity contribution >= 4 is 22.9 Å². The van der Waals surface area contributed by atoms with Gasteiger partial charge in [-0.1, -0.05) is 43.8 Å². The first-order chi connectivity index (χ1) is 19.4. The second-order valence-corrected chi connectivity index (χ2v) is 10.8. The minimum Gasteiger partial charge on any atom is -0.402 e. The van der Waals surface area contributed by atoms with Crippen molar-refractivity contribution in [3.63, 3.8) is 0 Å². The van der Waals surface area contributed by atoms with Gasteiger partial charge in [0.25, 0.3) is 0 Å². The Kier molecular flexibility index (Phi) is 8.54. The number of piperazine rings is 1. The van der Waals surface area contributed by atoms with E-state index in [0.717, 1.165) is 73.1 Å². The Balaban J connectivity index is 1.41. The summed E-state index contributed by atoms with van der Waals surface area (Å²) in [5.41, 5.74) is 14.7. The summed E-state index contributed by atoms with van der Waals surface area (Å²) in [5.74, 6) is 0.803. The van der Waals surface area contributed by atoms with Gasteiger partial charge in [-0.15, -0.1) is 0 Å². The molecule has 5 rings (SSSR count). The lowest BCUT2D eigenvalue weighted by Gasteiger charge is -2.37. The molecule has 0 aliphatic carbocycles. The van der Waals surface area contributed by atoms with E-state index in [1.165, 1.54) is 17.3 Å². The van der Waals surface area contributed by atoms with Crippen molar-refractivity contribution in [2.45, 2.75) is 39.0 Å². The molecule has 2 heterocycles. The number of nitrogens with one attached hydrogen (secondary N) is 1. The van der Waals surface area contributed by atoms with E-state index in [4.69, 9.17) is 10.7 Å². The second-order valence-electron chi connectivity index (χ2n) is 10.8. The Morgan fingerprint density at radius 3 is 2.45 bits per heavy atom. The molecule has 6 heteroatoms. The topological polar surface area (TPSA) is 56.9 Å². The molecular weight excluding hydrogens is 497 g/mol. The third kappa shape index (κ3) is 6.56. The lowest BCUT2D eigenvalue weighted by Crippen LogP contribution is -2.48. The molecule has 2 aliphatic rings. The highest BCUT2D eigenvalue weighted by atomic mass is 19.1. The van der Waals surface area contributed by atoms with Gasteiger partial charge in [-0.3, -0.25) is 0 Å². The number of nitrogens with zero attached hydrogens (tertiary/aromatic N) is 3. The number of aryl methyl sites for hydroxylation is 1. The van der Waals surface area contributed by atoms with Crippen LogP contribution in [0.25, 0.3) is 5.70 Å². The Bertz CT molecular complexity index is 1420. The predicted molar refractivity (Wildman–Crippen MR) is 166 cm³/mol. The third-order valence-electron chi connectivity index (χ3n) is 7.96. The molecule has 3 aromatic rings. The zero-order valence-electron chi connectivity index (χ0n) is 23.7. The normalized spacial score (nSPS) is 16.2. The molecule has 5 nitrogen and oxygen atoms in total. The van der Waals surface area contributed by atoms with Gasteiger partial charge >= 0.3 is 0 Å². The number of hydrogen-bond donors (Lipinski definition) is 2. The van der Waals surface area contributed by atoms with Crippen molar-refractivity contribution < 1.29 is 4.39 Å². The maximum absolute atomic E-state index is 14.0. The Morgan fingerprint density at radius 1 is 1.02 bits per heavy atom. The number of aliphatic imine (C=N–C) groups is 1. The predicted octanol–water partition coefficient (Wildman–Crippen LogP) is 6.39. The van der Waals surface area contributed by atoms with Gasteiger partial charge in [-0.05, 0) is 96.8 Å². The van der Waals surface area contributed by atoms with E-state index in [0.29, 0.717) is 18.5 Å². The van der Waals surface area contributed by atoms with Gasteiger partial charge in [-0.2, -0.15) is 0 Å². The maximum atomic E-state index is 14.0. The van der Waals surface area contributed by atoms with Crippen LogP contribution in [0, 0.1) is 5.82 Å². The molecule has 1 fully saturated rings. The van der Waals surface area contributed by atoms with Crippen molar-refractivity contribution in [1.82, 2.24) is 10.2 Å². The fourth-order valence-corrected chi connectivity index (χ4v) is 5.64. The summed E-state index contributed by atoms with van der Waals surface area (Å²) < 4.78 is 14.0. The van der Waals surface area contributed by atoms with Crippen LogP contribution in [0.4, 0.5) is 15.8 Å². The SMILES string of the molecule is C=C(N)CC(Cc1cccc(F)c1)c1cc(C2=CCN2)ccc1N=C(C)N1CCN(c2cccc(CC)c2)CC1. The quantitative estimate of drug-likeness (QED) is 0.245. The Hall–Kier alpha value is -4.06. The van der Waals surface area contributed by atoms with Crippen molar-refractivity contribution in [2.75, 3.05) is 37.6 Å². The summed E-state index contributed by atoms with van der Waals surface area (Å²) in [4.78, 5) is 10.0. The molecule has 2 aliphatic heterocycles. The van der Waals surface area contributed by atoms with Crippen LogP contribution in [0.5, 0.6) is 0 Å². The molecule has 3 aromatic carbocycles. The number of halogens is 1. The number of rotatable bonds is 9. The number of benzene rings is 3. The molecule has 1 unspecified atom stereocenters. The van der Waals surface area contributed by atoms with Gasteiger partial charge in [0.1, 0.15) is 11.7 Å². The summed E-state index contributed by atoms with van der Waals surface area (Å²) in [7, 11) is 0. The Labute approximate surface area is 237 Å². The molecule has 0 spiro atoms. The van der Waals surface area contributed by atoms with Crippen LogP contribution in [-0.2, 0) is 12.8 Å². The van der Waals surface area contributed by atoms with Crippen molar-refractivity contribution in [3.05, 3.63) is 113 Å². The van der Waals surface area contributed by atoms with Gasteiger partial charge in [0.15, 0.2) is 0 Å². The van der Waals surface area contributed by atoms with Crippen LogP contribution in [0.15, 0.2) is 90.1 Å². The molecular formula is C34H40FN5. The first kappa shape index (κ1) is 27.5. The fourth-order valence-electron chi connectivity index (χ4n) is 5.64. The van der Waals surface area contributed by atoms with Crippen molar-refractivity contribution in [1.29, 1.82) is 0 Å². The van der Waals surface area contributed by atoms with Gasteiger partial charge in [0.05, 0.1) is 5.69 Å². The van der Waals surface area contributed by atoms with Crippen LogP contribution >= 0.6 is 0 Å². The van der Waals surface area contributed by atoms with Crippen LogP contribution in [-0.4, -0.2) is 43.5 Å². The maximum Gasteiger partial charge on any atom is 0.123 e. The van der Waals surface area contributed by atoms with Crippen LogP contribution < -0.4 is 16.0 Å². The van der Waals surface area contributed by atoms with Gasteiger partial charge in [0, 0.05) is 49.8 Å². The fraction of sp³-hybridized carbons (Fsp3) is 0.324. The molecule has 3 N–H and O–H groups in total. The minimum absolute atomic E-state index is 0.0224. The zero-order valence-corrected chi connectivity index (χ0v) is 23.7. The number of anilines is 1. The summed E-state index contributed by atoms with van der Waals surface area (Å²) in [5, 5.41) is 3.38. The number of amidine groups is 1. The van der Waals surface area contributed by atoms with E-state index in [1.807, 2.05) is 6.07 Å². The molecule has 1 saturated heterocycles.